The molecule has 0 unspecified atom stereocenters. The molecule has 0 atom stereocenters. The molecule has 2 saturated heterocycles. The molecule has 42 heavy (non-hydrogen) atoms. The molecule has 2 aliphatic rings. The molecule has 2 fully saturated rings. The average Bonchev–Trinajstić information content (AvgIpc) is 3.40. The second kappa shape index (κ2) is 13.0. The normalized spacial score (nSPS) is 17.6. The van der Waals surface area contributed by atoms with Crippen LogP contribution in [0.2, 0.25) is 0 Å². The van der Waals surface area contributed by atoms with E-state index < -0.39 is 17.8 Å². The van der Waals surface area contributed by atoms with E-state index in [2.05, 4.69) is 52.3 Å². The van der Waals surface area contributed by atoms with Gasteiger partial charge < -0.3 is 20.3 Å². The van der Waals surface area contributed by atoms with Crippen LogP contribution < -0.4 is 15.5 Å². The van der Waals surface area contributed by atoms with Gasteiger partial charge in [-0.25, -0.2) is 13.8 Å². The van der Waals surface area contributed by atoms with Gasteiger partial charge in [-0.3, -0.25) is 4.57 Å². The Morgan fingerprint density at radius 3 is 2.57 bits per heavy atom. The van der Waals surface area contributed by atoms with Gasteiger partial charge in [0.25, 0.3) is 6.43 Å². The second-order valence-corrected chi connectivity index (χ2v) is 11.4. The molecule has 0 spiro atoms. The van der Waals surface area contributed by atoms with Gasteiger partial charge in [-0.1, -0.05) is 29.7 Å². The van der Waals surface area contributed by atoms with Crippen LogP contribution in [0.5, 0.6) is 0 Å². The Morgan fingerprint density at radius 1 is 1.14 bits per heavy atom. The summed E-state index contributed by atoms with van der Waals surface area (Å²) in [7, 11) is 0. The number of rotatable bonds is 9. The smallest absolute Gasteiger partial charge is 0.296 e. The molecule has 11 heteroatoms. The third kappa shape index (κ3) is 6.77. The maximum atomic E-state index is 14.2. The number of hydrogen-bond donors (Lipinski definition) is 2. The van der Waals surface area contributed by atoms with Crippen molar-refractivity contribution >= 4 is 22.9 Å². The highest BCUT2D eigenvalue weighted by Gasteiger charge is 2.27. The number of imidazole rings is 1. The van der Waals surface area contributed by atoms with Gasteiger partial charge in [0.1, 0.15) is 0 Å². The Morgan fingerprint density at radius 2 is 1.86 bits per heavy atom. The van der Waals surface area contributed by atoms with Gasteiger partial charge in [0.15, 0.2) is 5.82 Å². The van der Waals surface area contributed by atoms with Crippen LogP contribution in [0.3, 0.4) is 0 Å². The van der Waals surface area contributed by atoms with Crippen molar-refractivity contribution in [1.29, 1.82) is 0 Å². The molecule has 2 aliphatic heterocycles. The van der Waals surface area contributed by atoms with Crippen molar-refractivity contribution in [3.8, 4) is 18.3 Å². The van der Waals surface area contributed by atoms with Crippen molar-refractivity contribution in [3.05, 3.63) is 53.4 Å². The molecule has 4 heterocycles. The highest BCUT2D eigenvalue weighted by molar-refractivity contribution is 5.77. The molecule has 0 saturated carbocycles. The minimum absolute atomic E-state index is 0.0858. The lowest BCUT2D eigenvalue weighted by atomic mass is 9.83. The standard InChI is InChI=1S/C31H38F2N8O/c1-5-6-9-23(21(2)22-12-14-34-15-13-22)20-31(3,4)39-28-36-29(40-16-18-42-19-17-40)38-30(37-28)41-25-11-8-7-10-24(25)35-27(41)26(32)33/h1,6-11,22,26,34H,12-20H2,2-4H3,(H,36,37,38,39)/b9-6-,23-21-. The van der Waals surface area contributed by atoms with Gasteiger partial charge in [-0.05, 0) is 82.8 Å². The van der Waals surface area contributed by atoms with Crippen LogP contribution in [-0.2, 0) is 4.74 Å². The number of anilines is 2. The molecule has 2 aromatic heterocycles. The summed E-state index contributed by atoms with van der Waals surface area (Å²) >= 11 is 0. The highest BCUT2D eigenvalue weighted by atomic mass is 19.3. The summed E-state index contributed by atoms with van der Waals surface area (Å²) in [6.07, 6.45) is 9.34. The van der Waals surface area contributed by atoms with Crippen LogP contribution in [-0.4, -0.2) is 69.4 Å². The summed E-state index contributed by atoms with van der Waals surface area (Å²) in [5.74, 6) is 3.47. The van der Waals surface area contributed by atoms with Crippen molar-refractivity contribution in [3.63, 3.8) is 0 Å². The van der Waals surface area contributed by atoms with Crippen LogP contribution in [0.15, 0.2) is 47.6 Å². The number of piperidine rings is 1. The van der Waals surface area contributed by atoms with E-state index in [4.69, 9.17) is 16.1 Å². The Labute approximate surface area is 245 Å². The van der Waals surface area contributed by atoms with Crippen molar-refractivity contribution in [2.45, 2.75) is 52.0 Å². The number of allylic oxidation sites excluding steroid dienone is 3. The van der Waals surface area contributed by atoms with Crippen molar-refractivity contribution < 1.29 is 13.5 Å². The van der Waals surface area contributed by atoms with Gasteiger partial charge in [0, 0.05) is 18.6 Å². The molecule has 0 aliphatic carbocycles. The molecule has 3 aromatic rings. The quantitative estimate of drug-likeness (QED) is 0.270. The van der Waals surface area contributed by atoms with Crippen LogP contribution in [0, 0.1) is 18.3 Å². The fourth-order valence-corrected chi connectivity index (χ4v) is 5.63. The fourth-order valence-electron chi connectivity index (χ4n) is 5.63. The molecule has 9 nitrogen and oxygen atoms in total. The Balaban J connectivity index is 1.54. The SMILES string of the molecule is C#C/C=C\C(CC(C)(C)Nc1nc(N2CCOCC2)nc(-n2c(C(F)F)nc3ccccc32)n1)=C(/C)C1CCNCC1. The third-order valence-electron chi connectivity index (χ3n) is 7.81. The van der Waals surface area contributed by atoms with E-state index in [0.29, 0.717) is 61.6 Å². The van der Waals surface area contributed by atoms with E-state index in [1.165, 1.54) is 15.7 Å². The van der Waals surface area contributed by atoms with E-state index >= 15 is 0 Å². The molecular weight excluding hydrogens is 538 g/mol. The number of terminal acetylenes is 1. The monoisotopic (exact) mass is 576 g/mol. The number of morpholine rings is 1. The summed E-state index contributed by atoms with van der Waals surface area (Å²) in [6, 6.07) is 6.99. The fraction of sp³-hybridized carbons (Fsp3) is 0.484. The number of hydrogen-bond acceptors (Lipinski definition) is 8. The lowest BCUT2D eigenvalue weighted by Gasteiger charge is -2.31. The van der Waals surface area contributed by atoms with Gasteiger partial charge >= 0.3 is 0 Å². The number of fused-ring (bicyclic) bond motifs is 1. The Bertz CT molecular complexity index is 1490. The van der Waals surface area contributed by atoms with E-state index in [9.17, 15) is 8.78 Å². The number of benzene rings is 1. The number of para-hydroxylation sites is 2. The number of ether oxygens (including phenoxy) is 1. The van der Waals surface area contributed by atoms with Gasteiger partial charge in [0.2, 0.25) is 17.8 Å². The predicted molar refractivity (Wildman–Crippen MR) is 161 cm³/mol. The zero-order valence-electron chi connectivity index (χ0n) is 24.4. The van der Waals surface area contributed by atoms with Crippen LogP contribution in [0.1, 0.15) is 52.3 Å². The number of halogens is 2. The lowest BCUT2D eigenvalue weighted by molar-refractivity contribution is 0.122. The average molecular weight is 577 g/mol. The van der Waals surface area contributed by atoms with E-state index in [1.54, 1.807) is 30.3 Å². The van der Waals surface area contributed by atoms with Gasteiger partial charge in [-0.15, -0.1) is 6.42 Å². The number of alkyl halides is 2. The van der Waals surface area contributed by atoms with E-state index in [1.807, 2.05) is 11.0 Å². The number of aromatic nitrogens is 5. The van der Waals surface area contributed by atoms with Crippen LogP contribution in [0.25, 0.3) is 17.0 Å². The Kier molecular flexibility index (Phi) is 9.14. The molecule has 0 amide bonds. The summed E-state index contributed by atoms with van der Waals surface area (Å²) in [5.41, 5.74) is 2.93. The minimum atomic E-state index is -2.82. The summed E-state index contributed by atoms with van der Waals surface area (Å²) < 4.78 is 35.3. The third-order valence-corrected chi connectivity index (χ3v) is 7.81. The van der Waals surface area contributed by atoms with Gasteiger partial charge in [-0.2, -0.15) is 15.0 Å². The predicted octanol–water partition coefficient (Wildman–Crippen LogP) is 5.07. The van der Waals surface area contributed by atoms with Crippen LogP contribution in [0.4, 0.5) is 20.7 Å². The molecule has 1 aromatic carbocycles. The van der Waals surface area contributed by atoms with Gasteiger partial charge in [0.05, 0.1) is 24.2 Å². The second-order valence-electron chi connectivity index (χ2n) is 11.4. The molecule has 5 rings (SSSR count). The molecular formula is C31H38F2N8O. The lowest BCUT2D eigenvalue weighted by Crippen LogP contribution is -2.38. The first-order chi connectivity index (χ1) is 20.3. The Hall–Kier alpha value is -3.88. The topological polar surface area (TPSA) is 93.0 Å². The van der Waals surface area contributed by atoms with Crippen molar-refractivity contribution in [2.75, 3.05) is 49.6 Å². The number of nitrogens with one attached hydrogen (secondary N) is 2. The zero-order valence-corrected chi connectivity index (χ0v) is 24.4. The van der Waals surface area contributed by atoms with Crippen LogP contribution >= 0.6 is 0 Å². The molecule has 0 radical (unpaired) electrons. The minimum Gasteiger partial charge on any atom is -0.378 e. The summed E-state index contributed by atoms with van der Waals surface area (Å²) in [5, 5.41) is 6.92. The van der Waals surface area contributed by atoms with Crippen molar-refractivity contribution in [2.24, 2.45) is 5.92 Å². The maximum absolute atomic E-state index is 14.2. The summed E-state index contributed by atoms with van der Waals surface area (Å²) in [6.45, 7) is 10.5. The van der Waals surface area contributed by atoms with Crippen molar-refractivity contribution in [1.82, 2.24) is 29.8 Å². The van der Waals surface area contributed by atoms with E-state index in [0.717, 1.165) is 25.9 Å². The van der Waals surface area contributed by atoms with E-state index in [-0.39, 0.29) is 5.95 Å². The molecule has 0 bridgehead atoms. The first-order valence-electron chi connectivity index (χ1n) is 14.4. The molecule has 2 N–H and O–H groups in total. The number of nitrogens with zero attached hydrogens (tertiary/aromatic N) is 6. The summed E-state index contributed by atoms with van der Waals surface area (Å²) in [4.78, 5) is 20.3. The highest BCUT2D eigenvalue weighted by Crippen LogP contribution is 2.32. The largest absolute Gasteiger partial charge is 0.378 e. The zero-order chi connectivity index (χ0) is 29.7. The maximum Gasteiger partial charge on any atom is 0.296 e. The molecule has 222 valence electrons. The first-order valence-corrected chi connectivity index (χ1v) is 14.4. The first kappa shape index (κ1) is 29.6.